The third kappa shape index (κ3) is 2.96. The van der Waals surface area contributed by atoms with Crippen molar-refractivity contribution in [3.05, 3.63) is 52.2 Å². The fraction of sp³-hybridized carbons (Fsp3) is 0.286. The first-order valence-corrected chi connectivity index (χ1v) is 6.61. The van der Waals surface area contributed by atoms with Crippen LogP contribution in [0.2, 0.25) is 0 Å². The van der Waals surface area contributed by atoms with Crippen LogP contribution >= 0.6 is 0 Å². The Kier molecular flexibility index (Phi) is 3.84. The van der Waals surface area contributed by atoms with Crippen molar-refractivity contribution < 1.29 is 13.6 Å². The SMILES string of the molecule is COCc1nn(Cc2nnc(-c3cccc(C)c3)o2)c(=O)o1. The lowest BCUT2D eigenvalue weighted by Gasteiger charge is -1.96. The molecule has 0 radical (unpaired) electrons. The molecule has 0 N–H and O–H groups in total. The van der Waals surface area contributed by atoms with Gasteiger partial charge in [-0.15, -0.1) is 15.3 Å². The number of ether oxygens (including phenoxy) is 1. The van der Waals surface area contributed by atoms with E-state index < -0.39 is 5.76 Å². The van der Waals surface area contributed by atoms with E-state index in [1.807, 2.05) is 31.2 Å². The molecule has 0 spiro atoms. The van der Waals surface area contributed by atoms with Crippen molar-refractivity contribution in [3.8, 4) is 11.5 Å². The summed E-state index contributed by atoms with van der Waals surface area (Å²) >= 11 is 0. The molecule has 0 amide bonds. The van der Waals surface area contributed by atoms with Crippen molar-refractivity contribution in [2.24, 2.45) is 0 Å². The Bertz CT molecular complexity index is 833. The molecule has 0 saturated carbocycles. The average molecular weight is 302 g/mol. The van der Waals surface area contributed by atoms with E-state index in [4.69, 9.17) is 13.6 Å². The van der Waals surface area contributed by atoms with Crippen LogP contribution in [0.1, 0.15) is 17.3 Å². The zero-order valence-corrected chi connectivity index (χ0v) is 12.1. The molecule has 0 atom stereocenters. The van der Waals surface area contributed by atoms with Gasteiger partial charge in [-0.3, -0.25) is 0 Å². The first-order valence-electron chi connectivity index (χ1n) is 6.61. The lowest BCUT2D eigenvalue weighted by Crippen LogP contribution is -2.16. The second-order valence-electron chi connectivity index (χ2n) is 4.72. The van der Waals surface area contributed by atoms with Crippen LogP contribution in [0.3, 0.4) is 0 Å². The van der Waals surface area contributed by atoms with Crippen LogP contribution in [0.4, 0.5) is 0 Å². The molecule has 2 heterocycles. The molecule has 0 bridgehead atoms. The molecule has 0 fully saturated rings. The summed E-state index contributed by atoms with van der Waals surface area (Å²) < 4.78 is 16.4. The topological polar surface area (TPSA) is 96.2 Å². The molecule has 0 aliphatic rings. The second-order valence-corrected chi connectivity index (χ2v) is 4.72. The Morgan fingerprint density at radius 3 is 2.86 bits per heavy atom. The number of nitrogens with zero attached hydrogens (tertiary/aromatic N) is 4. The standard InChI is InChI=1S/C14H14N4O4/c1-9-4-3-5-10(6-9)13-16-15-11(21-13)7-18-14(19)22-12(17-18)8-20-2/h3-6H,7-8H2,1-2H3. The number of hydrogen-bond donors (Lipinski definition) is 0. The fourth-order valence-electron chi connectivity index (χ4n) is 1.97. The van der Waals surface area contributed by atoms with Gasteiger partial charge in [-0.1, -0.05) is 17.7 Å². The van der Waals surface area contributed by atoms with Crippen molar-refractivity contribution in [2.45, 2.75) is 20.1 Å². The summed E-state index contributed by atoms with van der Waals surface area (Å²) in [6.45, 7) is 2.15. The molecule has 0 aliphatic heterocycles. The Morgan fingerprint density at radius 2 is 2.09 bits per heavy atom. The normalized spacial score (nSPS) is 11.0. The van der Waals surface area contributed by atoms with Gasteiger partial charge in [0.1, 0.15) is 13.2 Å². The number of benzene rings is 1. The lowest BCUT2D eigenvalue weighted by atomic mass is 10.1. The summed E-state index contributed by atoms with van der Waals surface area (Å²) in [6.07, 6.45) is 0. The summed E-state index contributed by atoms with van der Waals surface area (Å²) in [7, 11) is 1.49. The van der Waals surface area contributed by atoms with E-state index in [-0.39, 0.29) is 24.9 Å². The van der Waals surface area contributed by atoms with Crippen LogP contribution in [-0.2, 0) is 17.9 Å². The van der Waals surface area contributed by atoms with E-state index in [0.717, 1.165) is 15.8 Å². The van der Waals surface area contributed by atoms with E-state index in [1.54, 1.807) is 0 Å². The number of rotatable bonds is 5. The van der Waals surface area contributed by atoms with Crippen LogP contribution in [0.15, 0.2) is 37.9 Å². The maximum atomic E-state index is 11.6. The molecule has 3 rings (SSSR count). The Morgan fingerprint density at radius 1 is 1.23 bits per heavy atom. The predicted octanol–water partition coefficient (Wildman–Crippen LogP) is 1.39. The first kappa shape index (κ1) is 14.2. The first-order chi connectivity index (χ1) is 10.7. The molecule has 3 aromatic rings. The zero-order valence-electron chi connectivity index (χ0n) is 12.1. The Hall–Kier alpha value is -2.74. The quantitative estimate of drug-likeness (QED) is 0.702. The van der Waals surface area contributed by atoms with Gasteiger partial charge in [0.05, 0.1) is 0 Å². The zero-order chi connectivity index (χ0) is 15.5. The summed E-state index contributed by atoms with van der Waals surface area (Å²) in [5.74, 6) is 0.275. The van der Waals surface area contributed by atoms with Crippen molar-refractivity contribution in [1.82, 2.24) is 20.0 Å². The molecule has 0 aliphatic carbocycles. The van der Waals surface area contributed by atoms with Crippen molar-refractivity contribution in [1.29, 1.82) is 0 Å². The molecule has 1 aromatic carbocycles. The summed E-state index contributed by atoms with van der Waals surface area (Å²) in [5.41, 5.74) is 1.92. The fourth-order valence-corrected chi connectivity index (χ4v) is 1.97. The minimum atomic E-state index is -0.595. The maximum Gasteiger partial charge on any atom is 0.437 e. The average Bonchev–Trinajstić information content (AvgIpc) is 3.08. The van der Waals surface area contributed by atoms with Gasteiger partial charge in [0.2, 0.25) is 17.7 Å². The molecule has 22 heavy (non-hydrogen) atoms. The van der Waals surface area contributed by atoms with Gasteiger partial charge in [0, 0.05) is 12.7 Å². The molecular formula is C14H14N4O4. The number of aromatic nitrogens is 4. The van der Waals surface area contributed by atoms with E-state index in [2.05, 4.69) is 15.3 Å². The molecule has 0 unspecified atom stereocenters. The van der Waals surface area contributed by atoms with Gasteiger partial charge < -0.3 is 13.6 Å². The second kappa shape index (κ2) is 5.94. The monoisotopic (exact) mass is 302 g/mol. The third-order valence-corrected chi connectivity index (χ3v) is 2.93. The number of aryl methyl sites for hydroxylation is 1. The minimum absolute atomic E-state index is 0.0465. The molecule has 114 valence electrons. The number of methoxy groups -OCH3 is 1. The molecule has 8 nitrogen and oxygen atoms in total. The van der Waals surface area contributed by atoms with Gasteiger partial charge in [0.25, 0.3) is 0 Å². The van der Waals surface area contributed by atoms with Crippen LogP contribution in [0.25, 0.3) is 11.5 Å². The summed E-state index contributed by atoms with van der Waals surface area (Å²) in [5, 5.41) is 11.9. The highest BCUT2D eigenvalue weighted by Crippen LogP contribution is 2.18. The molecular weight excluding hydrogens is 288 g/mol. The molecule has 0 saturated heterocycles. The Balaban J connectivity index is 1.81. The lowest BCUT2D eigenvalue weighted by molar-refractivity contribution is 0.158. The van der Waals surface area contributed by atoms with Crippen LogP contribution < -0.4 is 5.76 Å². The van der Waals surface area contributed by atoms with E-state index >= 15 is 0 Å². The van der Waals surface area contributed by atoms with Gasteiger partial charge in [-0.05, 0) is 19.1 Å². The van der Waals surface area contributed by atoms with Crippen molar-refractivity contribution >= 4 is 0 Å². The van der Waals surface area contributed by atoms with Crippen molar-refractivity contribution in [3.63, 3.8) is 0 Å². The van der Waals surface area contributed by atoms with Gasteiger partial charge in [-0.25, -0.2) is 4.79 Å². The largest absolute Gasteiger partial charge is 0.437 e. The van der Waals surface area contributed by atoms with E-state index in [9.17, 15) is 4.79 Å². The van der Waals surface area contributed by atoms with Crippen molar-refractivity contribution in [2.75, 3.05) is 7.11 Å². The highest BCUT2D eigenvalue weighted by molar-refractivity contribution is 5.53. The van der Waals surface area contributed by atoms with Gasteiger partial charge >= 0.3 is 5.76 Å². The molecule has 2 aromatic heterocycles. The molecule has 8 heteroatoms. The van der Waals surface area contributed by atoms with Gasteiger partial charge in [0.15, 0.2) is 0 Å². The van der Waals surface area contributed by atoms with E-state index in [0.29, 0.717) is 5.89 Å². The number of hydrogen-bond acceptors (Lipinski definition) is 7. The van der Waals surface area contributed by atoms with Gasteiger partial charge in [-0.2, -0.15) is 4.68 Å². The van der Waals surface area contributed by atoms with Crippen LogP contribution in [0.5, 0.6) is 0 Å². The Labute approximate surface area is 125 Å². The minimum Gasteiger partial charge on any atom is -0.419 e. The van der Waals surface area contributed by atoms with Crippen LogP contribution in [0, 0.1) is 6.92 Å². The highest BCUT2D eigenvalue weighted by Gasteiger charge is 2.13. The summed E-state index contributed by atoms with van der Waals surface area (Å²) in [4.78, 5) is 11.6. The smallest absolute Gasteiger partial charge is 0.419 e. The maximum absolute atomic E-state index is 11.6. The van der Waals surface area contributed by atoms with Crippen LogP contribution in [-0.4, -0.2) is 27.1 Å². The highest BCUT2D eigenvalue weighted by atomic mass is 16.5. The van der Waals surface area contributed by atoms with E-state index in [1.165, 1.54) is 7.11 Å². The third-order valence-electron chi connectivity index (χ3n) is 2.93. The predicted molar refractivity (Wildman–Crippen MR) is 75.0 cm³/mol. The summed E-state index contributed by atoms with van der Waals surface area (Å²) in [6, 6.07) is 7.71.